The van der Waals surface area contributed by atoms with Gasteiger partial charge in [-0.25, -0.2) is 28.8 Å². The van der Waals surface area contributed by atoms with E-state index in [0.717, 1.165) is 16.2 Å². The molecule has 3 aromatic heterocycles. The number of carbonyl (C=O) groups is 3. The topological polar surface area (TPSA) is 128 Å². The highest BCUT2D eigenvalue weighted by atomic mass is 19.1. The molecule has 0 aliphatic carbocycles. The highest BCUT2D eigenvalue weighted by Gasteiger charge is 2.50. The van der Waals surface area contributed by atoms with Gasteiger partial charge in [0.15, 0.2) is 0 Å². The second-order valence-electron chi connectivity index (χ2n) is 14.6. The van der Waals surface area contributed by atoms with Crippen LogP contribution in [0.15, 0.2) is 48.8 Å². The molecule has 1 spiro atoms. The van der Waals surface area contributed by atoms with Crippen LogP contribution in [-0.2, 0) is 32.8 Å². The van der Waals surface area contributed by atoms with E-state index < -0.39 is 40.7 Å². The molecule has 0 unspecified atom stereocenters. The van der Waals surface area contributed by atoms with E-state index in [1.165, 1.54) is 12.1 Å². The number of hydrogen-bond acceptors (Lipinski definition) is 9. The van der Waals surface area contributed by atoms with Crippen molar-refractivity contribution in [3.8, 4) is 11.3 Å². The predicted octanol–water partition coefficient (Wildman–Crippen LogP) is 6.93. The summed E-state index contributed by atoms with van der Waals surface area (Å²) in [7, 11) is 0. The Bertz CT molecular complexity index is 2010. The maximum absolute atomic E-state index is 14.0. The first-order valence-electron chi connectivity index (χ1n) is 16.3. The van der Waals surface area contributed by atoms with Crippen LogP contribution in [0.2, 0.25) is 0 Å². The lowest BCUT2D eigenvalue weighted by molar-refractivity contribution is -0.0422. The molecule has 0 bridgehead atoms. The molecule has 12 nitrogen and oxygen atoms in total. The Morgan fingerprint density at radius 2 is 1.67 bits per heavy atom. The molecule has 256 valence electrons. The average Bonchev–Trinajstić information content (AvgIpc) is 3.68. The summed E-state index contributed by atoms with van der Waals surface area (Å²) >= 11 is 0. The summed E-state index contributed by atoms with van der Waals surface area (Å²) in [6.45, 7) is 12.0. The fourth-order valence-electron chi connectivity index (χ4n) is 6.89. The van der Waals surface area contributed by atoms with Gasteiger partial charge in [-0.05, 0) is 78.1 Å². The standard InChI is InChI=1S/C36H39FN6O6/c1-34(2,3)48-32(45)42-19-23-22(27-18-38-29-17-21(37)11-14-41(27)29)7-9-25(30(23)31(42)44)39-28-10-8-24-26(40-28)20-43(33(46)49-35(4,5)6)36(24)12-15-47-16-13-36/h7-11,14,17-18H,12-13,15-16,19-20H2,1-6H3,(H,39,40). The number of anilines is 2. The highest BCUT2D eigenvalue weighted by molar-refractivity contribution is 6.11. The summed E-state index contributed by atoms with van der Waals surface area (Å²) in [5.41, 5.74) is 2.64. The van der Waals surface area contributed by atoms with Gasteiger partial charge in [-0.1, -0.05) is 12.1 Å². The molecule has 1 N–H and O–H groups in total. The van der Waals surface area contributed by atoms with Crippen molar-refractivity contribution >= 4 is 35.2 Å². The molecule has 7 rings (SSSR count). The largest absolute Gasteiger partial charge is 0.444 e. The zero-order chi connectivity index (χ0) is 34.9. The van der Waals surface area contributed by atoms with Gasteiger partial charge in [-0.15, -0.1) is 0 Å². The van der Waals surface area contributed by atoms with Gasteiger partial charge in [0.25, 0.3) is 5.91 Å². The van der Waals surface area contributed by atoms with Crippen LogP contribution in [0.4, 0.5) is 25.5 Å². The third-order valence-electron chi connectivity index (χ3n) is 8.95. The number of rotatable bonds is 3. The number of imidazole rings is 1. The van der Waals surface area contributed by atoms with Crippen LogP contribution >= 0.6 is 0 Å². The Balaban J connectivity index is 1.27. The second kappa shape index (κ2) is 11.5. The van der Waals surface area contributed by atoms with Crippen LogP contribution in [0.3, 0.4) is 0 Å². The summed E-state index contributed by atoms with van der Waals surface area (Å²) in [5.74, 6) is -0.470. The summed E-state index contributed by atoms with van der Waals surface area (Å²) in [5, 5.41) is 3.32. The Hall–Kier alpha value is -5.04. The van der Waals surface area contributed by atoms with E-state index in [4.69, 9.17) is 19.2 Å². The molecule has 3 amide bonds. The number of pyridine rings is 2. The van der Waals surface area contributed by atoms with Crippen molar-refractivity contribution in [2.45, 2.75) is 84.2 Å². The van der Waals surface area contributed by atoms with E-state index in [1.807, 2.05) is 39.0 Å². The maximum Gasteiger partial charge on any atom is 0.417 e. The van der Waals surface area contributed by atoms with Crippen LogP contribution in [0, 0.1) is 5.82 Å². The number of halogens is 1. The van der Waals surface area contributed by atoms with E-state index in [1.54, 1.807) is 48.5 Å². The molecule has 49 heavy (non-hydrogen) atoms. The molecule has 3 aliphatic heterocycles. The molecule has 0 saturated carbocycles. The highest BCUT2D eigenvalue weighted by Crippen LogP contribution is 2.47. The molecule has 6 heterocycles. The van der Waals surface area contributed by atoms with Crippen molar-refractivity contribution in [1.29, 1.82) is 0 Å². The van der Waals surface area contributed by atoms with Gasteiger partial charge < -0.3 is 19.5 Å². The third kappa shape index (κ3) is 5.85. The normalized spacial score (nSPS) is 17.0. The van der Waals surface area contributed by atoms with Gasteiger partial charge in [-0.2, -0.15) is 0 Å². The molecule has 0 atom stereocenters. The molecule has 0 radical (unpaired) electrons. The minimum absolute atomic E-state index is 0.0323. The predicted molar refractivity (Wildman–Crippen MR) is 178 cm³/mol. The zero-order valence-electron chi connectivity index (χ0n) is 28.4. The minimum Gasteiger partial charge on any atom is -0.444 e. The zero-order valence-corrected chi connectivity index (χ0v) is 28.4. The number of nitrogens with one attached hydrogen (secondary N) is 1. The van der Waals surface area contributed by atoms with E-state index in [0.29, 0.717) is 65.6 Å². The quantitative estimate of drug-likeness (QED) is 0.247. The van der Waals surface area contributed by atoms with Crippen LogP contribution in [-0.4, -0.2) is 66.7 Å². The lowest BCUT2D eigenvalue weighted by atomic mass is 9.83. The smallest absolute Gasteiger partial charge is 0.417 e. The Morgan fingerprint density at radius 3 is 2.39 bits per heavy atom. The number of aromatic nitrogens is 3. The number of nitrogens with zero attached hydrogens (tertiary/aromatic N) is 5. The van der Waals surface area contributed by atoms with E-state index in [-0.39, 0.29) is 13.1 Å². The molecule has 1 saturated heterocycles. The summed E-state index contributed by atoms with van der Waals surface area (Å²) < 4.78 is 32.8. The first-order valence-corrected chi connectivity index (χ1v) is 16.3. The molecule has 4 aromatic rings. The lowest BCUT2D eigenvalue weighted by Crippen LogP contribution is -2.49. The number of benzene rings is 1. The number of imide groups is 1. The Morgan fingerprint density at radius 1 is 0.959 bits per heavy atom. The second-order valence-corrected chi connectivity index (χ2v) is 14.6. The lowest BCUT2D eigenvalue weighted by Gasteiger charge is -2.42. The van der Waals surface area contributed by atoms with Gasteiger partial charge in [0, 0.05) is 36.6 Å². The summed E-state index contributed by atoms with van der Waals surface area (Å²) in [6, 6.07) is 10.1. The Labute approximate surface area is 283 Å². The van der Waals surface area contributed by atoms with E-state index in [9.17, 15) is 18.8 Å². The van der Waals surface area contributed by atoms with Gasteiger partial charge in [-0.3, -0.25) is 14.1 Å². The molecular formula is C36H39FN6O6. The molecule has 3 aliphatic rings. The average molecular weight is 671 g/mol. The first kappa shape index (κ1) is 32.5. The number of fused-ring (bicyclic) bond motifs is 4. The van der Waals surface area contributed by atoms with Crippen molar-refractivity contribution in [2.75, 3.05) is 18.5 Å². The van der Waals surface area contributed by atoms with Crippen LogP contribution in [0.1, 0.15) is 81.6 Å². The fourth-order valence-corrected chi connectivity index (χ4v) is 6.89. The Kier molecular flexibility index (Phi) is 7.65. The summed E-state index contributed by atoms with van der Waals surface area (Å²) in [4.78, 5) is 52.9. The fraction of sp³-hybridized carbons (Fsp3) is 0.417. The van der Waals surface area contributed by atoms with Crippen molar-refractivity contribution in [3.63, 3.8) is 0 Å². The van der Waals surface area contributed by atoms with Crippen molar-refractivity contribution < 1.29 is 33.0 Å². The third-order valence-corrected chi connectivity index (χ3v) is 8.95. The number of amides is 3. The first-order chi connectivity index (χ1) is 23.1. The van der Waals surface area contributed by atoms with Crippen molar-refractivity contribution in [2.24, 2.45) is 0 Å². The van der Waals surface area contributed by atoms with Crippen molar-refractivity contribution in [3.05, 3.63) is 77.0 Å². The number of hydrogen-bond donors (Lipinski definition) is 1. The number of ether oxygens (including phenoxy) is 3. The van der Waals surface area contributed by atoms with Crippen LogP contribution in [0.5, 0.6) is 0 Å². The van der Waals surface area contributed by atoms with Crippen LogP contribution in [0.25, 0.3) is 16.9 Å². The molecule has 13 heteroatoms. The maximum atomic E-state index is 14.0. The van der Waals surface area contributed by atoms with Gasteiger partial charge >= 0.3 is 12.2 Å². The van der Waals surface area contributed by atoms with E-state index >= 15 is 0 Å². The van der Waals surface area contributed by atoms with E-state index in [2.05, 4.69) is 10.3 Å². The molecule has 1 aromatic carbocycles. The van der Waals surface area contributed by atoms with Gasteiger partial charge in [0.2, 0.25) is 0 Å². The monoisotopic (exact) mass is 670 g/mol. The SMILES string of the molecule is CC(C)(C)OC(=O)N1Cc2c(-c3cnc4cc(F)ccn34)ccc(Nc3ccc4c(n3)CN(C(=O)OC(C)(C)C)C43CCOCC3)c2C1=O. The van der Waals surface area contributed by atoms with Crippen molar-refractivity contribution in [1.82, 2.24) is 24.2 Å². The van der Waals surface area contributed by atoms with Gasteiger partial charge in [0.05, 0.1) is 47.5 Å². The molecular weight excluding hydrogens is 631 g/mol. The van der Waals surface area contributed by atoms with Crippen LogP contribution < -0.4 is 5.32 Å². The minimum atomic E-state index is -0.814. The number of carbonyl (C=O) groups excluding carboxylic acids is 3. The summed E-state index contributed by atoms with van der Waals surface area (Å²) in [6.07, 6.45) is 3.27. The van der Waals surface area contributed by atoms with Gasteiger partial charge in [0.1, 0.15) is 28.5 Å². The molecule has 1 fully saturated rings.